The standard InChI is InChI=1S/C11H13N3O/c1-8-6-14-11(15-8)7-13-10-4-2-3-9(12)5-10/h2-6,13H,7,12H2,1H3. The maximum atomic E-state index is 5.65. The maximum absolute atomic E-state index is 5.65. The van der Waals surface area contributed by atoms with E-state index in [9.17, 15) is 0 Å². The van der Waals surface area contributed by atoms with Crippen LogP contribution in [0.4, 0.5) is 11.4 Å². The zero-order valence-electron chi connectivity index (χ0n) is 8.53. The third kappa shape index (κ3) is 2.49. The van der Waals surface area contributed by atoms with Crippen molar-refractivity contribution in [2.75, 3.05) is 11.1 Å². The van der Waals surface area contributed by atoms with Gasteiger partial charge in [-0.1, -0.05) is 6.07 Å². The summed E-state index contributed by atoms with van der Waals surface area (Å²) >= 11 is 0. The summed E-state index contributed by atoms with van der Waals surface area (Å²) in [5.74, 6) is 1.49. The Hall–Kier alpha value is -1.97. The molecule has 0 amide bonds. The first-order valence-corrected chi connectivity index (χ1v) is 4.75. The fourth-order valence-electron chi connectivity index (χ4n) is 1.31. The van der Waals surface area contributed by atoms with Crippen molar-refractivity contribution < 1.29 is 4.42 Å². The van der Waals surface area contributed by atoms with Crippen LogP contribution in [0.3, 0.4) is 0 Å². The molecule has 4 heteroatoms. The normalized spacial score (nSPS) is 10.2. The monoisotopic (exact) mass is 203 g/mol. The highest BCUT2D eigenvalue weighted by Gasteiger charge is 1.99. The second-order valence-electron chi connectivity index (χ2n) is 3.34. The van der Waals surface area contributed by atoms with Crippen molar-refractivity contribution in [1.29, 1.82) is 0 Å². The molecule has 0 saturated heterocycles. The first-order valence-electron chi connectivity index (χ1n) is 4.75. The molecule has 0 spiro atoms. The number of aryl methyl sites for hydroxylation is 1. The molecule has 1 aromatic heterocycles. The second kappa shape index (κ2) is 4.04. The van der Waals surface area contributed by atoms with Crippen LogP contribution < -0.4 is 11.1 Å². The molecule has 0 aliphatic carbocycles. The van der Waals surface area contributed by atoms with Crippen molar-refractivity contribution in [3.63, 3.8) is 0 Å². The van der Waals surface area contributed by atoms with Gasteiger partial charge in [0.1, 0.15) is 5.76 Å². The minimum Gasteiger partial charge on any atom is -0.444 e. The molecule has 4 nitrogen and oxygen atoms in total. The van der Waals surface area contributed by atoms with Crippen molar-refractivity contribution in [2.45, 2.75) is 13.5 Å². The van der Waals surface area contributed by atoms with E-state index in [4.69, 9.17) is 10.2 Å². The largest absolute Gasteiger partial charge is 0.444 e. The lowest BCUT2D eigenvalue weighted by atomic mass is 10.3. The molecule has 0 aliphatic rings. The summed E-state index contributed by atoms with van der Waals surface area (Å²) in [5.41, 5.74) is 7.36. The molecule has 2 rings (SSSR count). The van der Waals surface area contributed by atoms with Crippen LogP contribution in [0.1, 0.15) is 11.7 Å². The van der Waals surface area contributed by atoms with Gasteiger partial charge in [-0.2, -0.15) is 0 Å². The molecule has 0 saturated carbocycles. The highest BCUT2D eigenvalue weighted by atomic mass is 16.4. The van der Waals surface area contributed by atoms with Crippen molar-refractivity contribution in [3.8, 4) is 0 Å². The van der Waals surface area contributed by atoms with Crippen molar-refractivity contribution in [1.82, 2.24) is 4.98 Å². The van der Waals surface area contributed by atoms with E-state index in [0.29, 0.717) is 12.4 Å². The Morgan fingerprint density at radius 3 is 3.00 bits per heavy atom. The Morgan fingerprint density at radius 1 is 1.47 bits per heavy atom. The van der Waals surface area contributed by atoms with E-state index in [0.717, 1.165) is 17.1 Å². The minimum absolute atomic E-state index is 0.567. The van der Waals surface area contributed by atoms with Crippen molar-refractivity contribution in [2.24, 2.45) is 0 Å². The fraction of sp³-hybridized carbons (Fsp3) is 0.182. The molecular weight excluding hydrogens is 190 g/mol. The summed E-state index contributed by atoms with van der Waals surface area (Å²) in [6.45, 7) is 2.44. The van der Waals surface area contributed by atoms with E-state index >= 15 is 0 Å². The summed E-state index contributed by atoms with van der Waals surface area (Å²) in [4.78, 5) is 4.09. The van der Waals surface area contributed by atoms with Gasteiger partial charge in [-0.3, -0.25) is 0 Å². The molecule has 0 unspecified atom stereocenters. The van der Waals surface area contributed by atoms with Gasteiger partial charge in [0.05, 0.1) is 12.7 Å². The number of nitrogen functional groups attached to an aromatic ring is 1. The molecule has 0 atom stereocenters. The minimum atomic E-state index is 0.567. The lowest BCUT2D eigenvalue weighted by Crippen LogP contribution is -1.99. The molecule has 1 heterocycles. The maximum Gasteiger partial charge on any atom is 0.213 e. The summed E-state index contributed by atoms with van der Waals surface area (Å²) in [6, 6.07) is 7.57. The molecular formula is C11H13N3O. The van der Waals surface area contributed by atoms with E-state index in [-0.39, 0.29) is 0 Å². The van der Waals surface area contributed by atoms with Gasteiger partial charge in [-0.25, -0.2) is 4.98 Å². The van der Waals surface area contributed by atoms with E-state index in [1.807, 2.05) is 31.2 Å². The molecule has 2 aromatic rings. The van der Waals surface area contributed by atoms with Crippen LogP contribution in [0, 0.1) is 6.92 Å². The molecule has 0 fully saturated rings. The summed E-state index contributed by atoms with van der Waals surface area (Å²) < 4.78 is 5.33. The predicted molar refractivity (Wildman–Crippen MR) is 59.4 cm³/mol. The Morgan fingerprint density at radius 2 is 2.33 bits per heavy atom. The predicted octanol–water partition coefficient (Wildman–Crippen LogP) is 2.18. The third-order valence-electron chi connectivity index (χ3n) is 2.00. The zero-order chi connectivity index (χ0) is 10.7. The second-order valence-corrected chi connectivity index (χ2v) is 3.34. The number of aromatic nitrogens is 1. The number of hydrogen-bond donors (Lipinski definition) is 2. The average molecular weight is 203 g/mol. The zero-order valence-corrected chi connectivity index (χ0v) is 8.53. The molecule has 1 aromatic carbocycles. The Kier molecular flexibility index (Phi) is 2.58. The van der Waals surface area contributed by atoms with Crippen molar-refractivity contribution >= 4 is 11.4 Å². The van der Waals surface area contributed by atoms with Crippen LogP contribution in [-0.4, -0.2) is 4.98 Å². The lowest BCUT2D eigenvalue weighted by Gasteiger charge is -2.03. The van der Waals surface area contributed by atoms with Gasteiger partial charge in [-0.15, -0.1) is 0 Å². The smallest absolute Gasteiger partial charge is 0.213 e. The van der Waals surface area contributed by atoms with Crippen LogP contribution >= 0.6 is 0 Å². The van der Waals surface area contributed by atoms with Crippen LogP contribution in [0.2, 0.25) is 0 Å². The van der Waals surface area contributed by atoms with Gasteiger partial charge in [0, 0.05) is 11.4 Å². The Labute approximate surface area is 88.1 Å². The quantitative estimate of drug-likeness (QED) is 0.750. The van der Waals surface area contributed by atoms with E-state index in [2.05, 4.69) is 10.3 Å². The number of hydrogen-bond acceptors (Lipinski definition) is 4. The SMILES string of the molecule is Cc1cnc(CNc2cccc(N)c2)o1. The highest BCUT2D eigenvalue weighted by Crippen LogP contribution is 2.13. The number of nitrogens with one attached hydrogen (secondary N) is 1. The number of benzene rings is 1. The Balaban J connectivity index is 1.99. The topological polar surface area (TPSA) is 64.1 Å². The first-order chi connectivity index (χ1) is 7.24. The summed E-state index contributed by atoms with van der Waals surface area (Å²) in [6.07, 6.45) is 1.70. The molecule has 78 valence electrons. The van der Waals surface area contributed by atoms with Crippen LogP contribution in [0.15, 0.2) is 34.9 Å². The summed E-state index contributed by atoms with van der Waals surface area (Å²) in [7, 11) is 0. The molecule has 0 aliphatic heterocycles. The number of oxazole rings is 1. The van der Waals surface area contributed by atoms with Gasteiger partial charge < -0.3 is 15.5 Å². The molecule has 15 heavy (non-hydrogen) atoms. The van der Waals surface area contributed by atoms with E-state index in [1.165, 1.54) is 0 Å². The number of nitrogens with zero attached hydrogens (tertiary/aromatic N) is 1. The van der Waals surface area contributed by atoms with Crippen LogP contribution in [0.5, 0.6) is 0 Å². The van der Waals surface area contributed by atoms with Gasteiger partial charge in [0.25, 0.3) is 0 Å². The average Bonchev–Trinajstić information content (AvgIpc) is 2.62. The van der Waals surface area contributed by atoms with Crippen LogP contribution in [-0.2, 0) is 6.54 Å². The number of rotatable bonds is 3. The fourth-order valence-corrected chi connectivity index (χ4v) is 1.31. The highest BCUT2D eigenvalue weighted by molar-refractivity contribution is 5.53. The van der Waals surface area contributed by atoms with Gasteiger partial charge in [-0.05, 0) is 25.1 Å². The lowest BCUT2D eigenvalue weighted by molar-refractivity contribution is 0.479. The Bertz CT molecular complexity index is 451. The number of nitrogens with two attached hydrogens (primary N) is 1. The van der Waals surface area contributed by atoms with Gasteiger partial charge in [0.15, 0.2) is 0 Å². The van der Waals surface area contributed by atoms with E-state index < -0.39 is 0 Å². The van der Waals surface area contributed by atoms with Crippen LogP contribution in [0.25, 0.3) is 0 Å². The third-order valence-corrected chi connectivity index (χ3v) is 2.00. The van der Waals surface area contributed by atoms with Crippen molar-refractivity contribution in [3.05, 3.63) is 42.1 Å². The summed E-state index contributed by atoms with van der Waals surface area (Å²) in [5, 5.41) is 3.18. The molecule has 0 bridgehead atoms. The van der Waals surface area contributed by atoms with Gasteiger partial charge >= 0.3 is 0 Å². The number of anilines is 2. The first kappa shape index (κ1) is 9.58. The van der Waals surface area contributed by atoms with Gasteiger partial charge in [0.2, 0.25) is 5.89 Å². The molecule has 3 N–H and O–H groups in total. The molecule has 0 radical (unpaired) electrons. The van der Waals surface area contributed by atoms with E-state index in [1.54, 1.807) is 6.20 Å².